The summed E-state index contributed by atoms with van der Waals surface area (Å²) in [7, 11) is 0. The van der Waals surface area contributed by atoms with Gasteiger partial charge in [-0.25, -0.2) is 0 Å². The first kappa shape index (κ1) is 15.1. The molecule has 1 N–H and O–H groups in total. The maximum absolute atomic E-state index is 8.48. The first-order valence-electron chi connectivity index (χ1n) is 6.51. The maximum Gasteiger partial charge on any atom is 0.0622 e. The monoisotopic (exact) mass is 262 g/mol. The molecule has 1 aromatic rings. The number of hydrogen-bond donors (Lipinski definition) is 1. The summed E-state index contributed by atoms with van der Waals surface area (Å²) in [6, 6.07) is 10.8. The molecule has 0 aromatic heterocycles. The number of hydrogen-bond acceptors (Lipinski definition) is 3. The van der Waals surface area contributed by atoms with Crippen molar-refractivity contribution in [2.75, 3.05) is 12.3 Å². The predicted molar refractivity (Wildman–Crippen MR) is 78.6 cm³/mol. The molecule has 0 aliphatic rings. The van der Waals surface area contributed by atoms with E-state index in [0.29, 0.717) is 12.3 Å². The molecule has 0 aliphatic carbocycles. The van der Waals surface area contributed by atoms with E-state index in [-0.39, 0.29) is 0 Å². The number of thioether (sulfide) groups is 1. The smallest absolute Gasteiger partial charge is 0.0622 e. The first-order chi connectivity index (χ1) is 8.72. The van der Waals surface area contributed by atoms with Crippen LogP contribution in [0.25, 0.3) is 0 Å². The van der Waals surface area contributed by atoms with Crippen molar-refractivity contribution in [2.45, 2.75) is 38.1 Å². The normalized spacial score (nSPS) is 10.6. The number of rotatable bonds is 8. The van der Waals surface area contributed by atoms with Crippen molar-refractivity contribution in [3.63, 3.8) is 0 Å². The molecule has 0 atom stereocenters. The zero-order valence-corrected chi connectivity index (χ0v) is 12.1. The van der Waals surface area contributed by atoms with Crippen molar-refractivity contribution in [1.82, 2.24) is 5.32 Å². The average molecular weight is 262 g/mol. The van der Waals surface area contributed by atoms with E-state index in [1.165, 1.54) is 10.5 Å². The second-order valence-corrected chi connectivity index (χ2v) is 5.95. The molecule has 2 nitrogen and oxygen atoms in total. The highest BCUT2D eigenvalue weighted by Crippen LogP contribution is 2.20. The van der Waals surface area contributed by atoms with E-state index >= 15 is 0 Å². The predicted octanol–water partition coefficient (Wildman–Crippen LogP) is 3.83. The van der Waals surface area contributed by atoms with Crippen LogP contribution in [-0.2, 0) is 6.54 Å². The van der Waals surface area contributed by atoms with Crippen LogP contribution in [0.15, 0.2) is 29.2 Å². The Morgan fingerprint density at radius 2 is 2.22 bits per heavy atom. The molecule has 0 fully saturated rings. The summed E-state index contributed by atoms with van der Waals surface area (Å²) in [6.07, 6.45) is 1.62. The molecule has 3 heteroatoms. The van der Waals surface area contributed by atoms with Gasteiger partial charge in [0.15, 0.2) is 0 Å². The van der Waals surface area contributed by atoms with E-state index in [9.17, 15) is 0 Å². The highest BCUT2D eigenvalue weighted by atomic mass is 32.2. The summed E-state index contributed by atoms with van der Waals surface area (Å²) in [5, 5.41) is 11.9. The van der Waals surface area contributed by atoms with E-state index in [0.717, 1.165) is 25.3 Å². The lowest BCUT2D eigenvalue weighted by molar-refractivity contribution is 0.552. The Kier molecular flexibility index (Phi) is 7.55. The molecule has 0 aliphatic heterocycles. The SMILES string of the molecule is CC(C)CNCc1cccc(SCCCC#N)c1. The minimum Gasteiger partial charge on any atom is -0.312 e. The lowest BCUT2D eigenvalue weighted by Gasteiger charge is -2.08. The Balaban J connectivity index is 2.34. The Morgan fingerprint density at radius 1 is 1.39 bits per heavy atom. The topological polar surface area (TPSA) is 35.8 Å². The molecule has 1 aromatic carbocycles. The van der Waals surface area contributed by atoms with Crippen LogP contribution in [0.1, 0.15) is 32.3 Å². The summed E-state index contributed by atoms with van der Waals surface area (Å²) in [4.78, 5) is 1.30. The van der Waals surface area contributed by atoms with Gasteiger partial charge in [0.1, 0.15) is 0 Å². The van der Waals surface area contributed by atoms with E-state index in [1.54, 1.807) is 0 Å². The molecule has 0 radical (unpaired) electrons. The fourth-order valence-electron chi connectivity index (χ4n) is 1.59. The largest absolute Gasteiger partial charge is 0.312 e. The number of benzene rings is 1. The van der Waals surface area contributed by atoms with Crippen molar-refractivity contribution in [2.24, 2.45) is 5.92 Å². The zero-order chi connectivity index (χ0) is 13.2. The van der Waals surface area contributed by atoms with Crippen LogP contribution < -0.4 is 5.32 Å². The zero-order valence-electron chi connectivity index (χ0n) is 11.3. The quantitative estimate of drug-likeness (QED) is 0.571. The second kappa shape index (κ2) is 9.02. The number of nitriles is 1. The minimum atomic E-state index is 0.655. The Bertz CT molecular complexity index is 382. The van der Waals surface area contributed by atoms with Crippen LogP contribution in [0, 0.1) is 17.2 Å². The second-order valence-electron chi connectivity index (χ2n) is 4.78. The molecule has 0 heterocycles. The standard InChI is InChI=1S/C15H22N2S/c1-13(2)11-17-12-14-6-5-7-15(10-14)18-9-4-3-8-16/h5-7,10,13,17H,3-4,9,11-12H2,1-2H3. The molecular weight excluding hydrogens is 240 g/mol. The van der Waals surface area contributed by atoms with Crippen LogP contribution in [-0.4, -0.2) is 12.3 Å². The fraction of sp³-hybridized carbons (Fsp3) is 0.533. The number of nitrogens with zero attached hydrogens (tertiary/aromatic N) is 1. The van der Waals surface area contributed by atoms with Crippen molar-refractivity contribution in [3.8, 4) is 6.07 Å². The van der Waals surface area contributed by atoms with Gasteiger partial charge >= 0.3 is 0 Å². The summed E-state index contributed by atoms with van der Waals surface area (Å²) in [6.45, 7) is 6.42. The van der Waals surface area contributed by atoms with Gasteiger partial charge in [0.05, 0.1) is 6.07 Å². The molecular formula is C15H22N2S. The summed E-state index contributed by atoms with van der Waals surface area (Å²) in [5.41, 5.74) is 1.33. The van der Waals surface area contributed by atoms with Crippen LogP contribution in [0.3, 0.4) is 0 Å². The molecule has 0 bridgehead atoms. The van der Waals surface area contributed by atoms with Crippen LogP contribution in [0.4, 0.5) is 0 Å². The van der Waals surface area contributed by atoms with Crippen LogP contribution in [0.2, 0.25) is 0 Å². The number of unbranched alkanes of at least 4 members (excludes halogenated alkanes) is 1. The van der Waals surface area contributed by atoms with Gasteiger partial charge in [-0.2, -0.15) is 5.26 Å². The third kappa shape index (κ3) is 6.68. The van der Waals surface area contributed by atoms with Gasteiger partial charge in [0.2, 0.25) is 0 Å². The summed E-state index contributed by atoms with van der Waals surface area (Å²) < 4.78 is 0. The molecule has 0 saturated carbocycles. The summed E-state index contributed by atoms with van der Waals surface area (Å²) in [5.74, 6) is 1.71. The van der Waals surface area contributed by atoms with Gasteiger partial charge in [0, 0.05) is 17.9 Å². The highest BCUT2D eigenvalue weighted by molar-refractivity contribution is 7.99. The fourth-order valence-corrected chi connectivity index (χ4v) is 2.53. The van der Waals surface area contributed by atoms with Gasteiger partial charge in [-0.15, -0.1) is 11.8 Å². The molecule has 0 unspecified atom stereocenters. The third-order valence-corrected chi connectivity index (χ3v) is 3.56. The van der Waals surface area contributed by atoms with Crippen molar-refractivity contribution < 1.29 is 0 Å². The summed E-state index contributed by atoms with van der Waals surface area (Å²) >= 11 is 1.84. The Hall–Kier alpha value is -0.980. The van der Waals surface area contributed by atoms with Gasteiger partial charge in [-0.1, -0.05) is 26.0 Å². The maximum atomic E-state index is 8.48. The minimum absolute atomic E-state index is 0.655. The Labute approximate surface area is 115 Å². The molecule has 1 rings (SSSR count). The van der Waals surface area contributed by atoms with Crippen LogP contribution in [0.5, 0.6) is 0 Å². The van der Waals surface area contributed by atoms with Gasteiger partial charge in [0.25, 0.3) is 0 Å². The molecule has 0 amide bonds. The molecule has 0 spiro atoms. The van der Waals surface area contributed by atoms with Crippen molar-refractivity contribution >= 4 is 11.8 Å². The molecule has 98 valence electrons. The van der Waals surface area contributed by atoms with E-state index in [4.69, 9.17) is 5.26 Å². The number of nitrogens with one attached hydrogen (secondary N) is 1. The molecule has 18 heavy (non-hydrogen) atoms. The van der Waals surface area contributed by atoms with E-state index in [1.807, 2.05) is 11.8 Å². The van der Waals surface area contributed by atoms with Crippen molar-refractivity contribution in [1.29, 1.82) is 5.26 Å². The average Bonchev–Trinajstić information content (AvgIpc) is 2.35. The third-order valence-electron chi connectivity index (χ3n) is 2.48. The lowest BCUT2D eigenvalue weighted by atomic mass is 10.2. The van der Waals surface area contributed by atoms with E-state index in [2.05, 4.69) is 49.5 Å². The van der Waals surface area contributed by atoms with Gasteiger partial charge in [-0.3, -0.25) is 0 Å². The van der Waals surface area contributed by atoms with Gasteiger partial charge in [-0.05, 0) is 42.3 Å². The highest BCUT2D eigenvalue weighted by Gasteiger charge is 1.98. The van der Waals surface area contributed by atoms with E-state index < -0.39 is 0 Å². The molecule has 0 saturated heterocycles. The van der Waals surface area contributed by atoms with Gasteiger partial charge < -0.3 is 5.32 Å². The lowest BCUT2D eigenvalue weighted by Crippen LogP contribution is -2.18. The Morgan fingerprint density at radius 3 is 2.94 bits per heavy atom. The van der Waals surface area contributed by atoms with Crippen molar-refractivity contribution in [3.05, 3.63) is 29.8 Å². The van der Waals surface area contributed by atoms with Crippen LogP contribution >= 0.6 is 11.8 Å². The first-order valence-corrected chi connectivity index (χ1v) is 7.50.